The lowest BCUT2D eigenvalue weighted by Gasteiger charge is -2.15. The summed E-state index contributed by atoms with van der Waals surface area (Å²) in [4.78, 5) is 4.15. The first-order valence-corrected chi connectivity index (χ1v) is 7.86. The van der Waals surface area contributed by atoms with Crippen LogP contribution in [0.3, 0.4) is 0 Å². The van der Waals surface area contributed by atoms with Gasteiger partial charge in [-0.3, -0.25) is 0 Å². The summed E-state index contributed by atoms with van der Waals surface area (Å²) in [5.74, 6) is 0.669. The maximum atomic E-state index is 12.5. The number of benzene rings is 1. The van der Waals surface area contributed by atoms with Gasteiger partial charge >= 0.3 is 0 Å². The zero-order valence-electron chi connectivity index (χ0n) is 12.4. The Morgan fingerprint density at radius 2 is 1.90 bits per heavy atom. The van der Waals surface area contributed by atoms with Gasteiger partial charge in [0.15, 0.2) is 5.82 Å². The number of hydrogen-bond acceptors (Lipinski definition) is 6. The number of anilines is 1. The van der Waals surface area contributed by atoms with E-state index in [9.17, 15) is 8.42 Å². The van der Waals surface area contributed by atoms with Crippen molar-refractivity contribution in [1.29, 1.82) is 0 Å². The first-order valence-electron chi connectivity index (χ1n) is 6.37. The summed E-state index contributed by atoms with van der Waals surface area (Å²) in [5, 5.41) is 3.65. The normalized spacial score (nSPS) is 11.8. The van der Waals surface area contributed by atoms with E-state index in [1.165, 1.54) is 0 Å². The maximum Gasteiger partial charge on any atom is 0.241 e. The average molecular weight is 310 g/mol. The molecule has 21 heavy (non-hydrogen) atoms. The highest BCUT2D eigenvalue weighted by Gasteiger charge is 2.22. The van der Waals surface area contributed by atoms with E-state index in [1.54, 1.807) is 26.8 Å². The summed E-state index contributed by atoms with van der Waals surface area (Å²) in [6, 6.07) is 1.76. The van der Waals surface area contributed by atoms with Gasteiger partial charge in [0.1, 0.15) is 0 Å². The molecule has 114 valence electrons. The van der Waals surface area contributed by atoms with Crippen LogP contribution in [0, 0.1) is 27.7 Å². The summed E-state index contributed by atoms with van der Waals surface area (Å²) in [5.41, 5.74) is 8.46. The lowest BCUT2D eigenvalue weighted by atomic mass is 10.1. The van der Waals surface area contributed by atoms with Crippen LogP contribution >= 0.6 is 0 Å². The highest BCUT2D eigenvalue weighted by molar-refractivity contribution is 7.89. The van der Waals surface area contributed by atoms with E-state index < -0.39 is 10.0 Å². The van der Waals surface area contributed by atoms with Gasteiger partial charge in [0, 0.05) is 12.6 Å². The van der Waals surface area contributed by atoms with E-state index in [0.29, 0.717) is 22.7 Å². The molecular weight excluding hydrogens is 292 g/mol. The van der Waals surface area contributed by atoms with Crippen LogP contribution < -0.4 is 10.5 Å². The van der Waals surface area contributed by atoms with Crippen molar-refractivity contribution in [3.05, 3.63) is 34.5 Å². The van der Waals surface area contributed by atoms with Crippen molar-refractivity contribution >= 4 is 15.7 Å². The lowest BCUT2D eigenvalue weighted by Crippen LogP contribution is -2.26. The molecule has 0 radical (unpaired) electrons. The summed E-state index contributed by atoms with van der Waals surface area (Å²) in [6.07, 6.45) is 0. The third kappa shape index (κ3) is 3.06. The molecule has 8 heteroatoms. The molecule has 1 heterocycles. The highest BCUT2D eigenvalue weighted by Crippen LogP contribution is 2.27. The van der Waals surface area contributed by atoms with Crippen molar-refractivity contribution in [3.8, 4) is 0 Å². The Kier molecular flexibility index (Phi) is 4.02. The van der Waals surface area contributed by atoms with Crippen LogP contribution in [0.1, 0.15) is 28.4 Å². The zero-order valence-corrected chi connectivity index (χ0v) is 13.2. The molecule has 0 saturated carbocycles. The first kappa shape index (κ1) is 15.5. The quantitative estimate of drug-likeness (QED) is 0.825. The number of hydrogen-bond donors (Lipinski definition) is 2. The van der Waals surface area contributed by atoms with Gasteiger partial charge in [-0.2, -0.15) is 4.98 Å². The second kappa shape index (κ2) is 5.45. The second-order valence-corrected chi connectivity index (χ2v) is 6.64. The van der Waals surface area contributed by atoms with Gasteiger partial charge in [-0.15, -0.1) is 0 Å². The number of aromatic nitrogens is 2. The molecule has 0 amide bonds. The van der Waals surface area contributed by atoms with Crippen LogP contribution in [0.15, 0.2) is 15.5 Å². The molecule has 0 atom stereocenters. The largest absolute Gasteiger partial charge is 0.398 e. The van der Waals surface area contributed by atoms with Crippen LogP contribution in [0.2, 0.25) is 0 Å². The van der Waals surface area contributed by atoms with Gasteiger partial charge in [-0.1, -0.05) is 11.2 Å². The maximum absolute atomic E-state index is 12.5. The number of nitrogens with zero attached hydrogens (tertiary/aromatic N) is 2. The van der Waals surface area contributed by atoms with Gasteiger partial charge in [-0.05, 0) is 37.5 Å². The molecule has 0 spiro atoms. The van der Waals surface area contributed by atoms with Crippen LogP contribution in [-0.4, -0.2) is 18.6 Å². The third-order valence-corrected chi connectivity index (χ3v) is 4.91. The molecule has 0 fully saturated rings. The fraction of sp³-hybridized carbons (Fsp3) is 0.385. The SMILES string of the molecule is Cc1nc(CNS(=O)(=O)c2c(C)cc(C)c(N)c2C)no1. The van der Waals surface area contributed by atoms with E-state index >= 15 is 0 Å². The number of nitrogens with one attached hydrogen (secondary N) is 1. The molecule has 2 aromatic rings. The number of rotatable bonds is 4. The molecular formula is C13H18N4O3S. The topological polar surface area (TPSA) is 111 Å². The van der Waals surface area contributed by atoms with E-state index in [2.05, 4.69) is 14.9 Å². The molecule has 1 aromatic carbocycles. The Labute approximate surface area is 123 Å². The van der Waals surface area contributed by atoms with Crippen LogP contribution in [0.25, 0.3) is 0 Å². The minimum atomic E-state index is -3.70. The minimum absolute atomic E-state index is 0.0354. The average Bonchev–Trinajstić information content (AvgIpc) is 2.79. The van der Waals surface area contributed by atoms with E-state index in [4.69, 9.17) is 10.3 Å². The zero-order chi connectivity index (χ0) is 15.8. The fourth-order valence-corrected chi connectivity index (χ4v) is 3.70. The number of sulfonamides is 1. The molecule has 3 N–H and O–H groups in total. The van der Waals surface area contributed by atoms with Crippen molar-refractivity contribution in [2.24, 2.45) is 0 Å². The van der Waals surface area contributed by atoms with Crippen LogP contribution in [-0.2, 0) is 16.6 Å². The van der Waals surface area contributed by atoms with Gasteiger partial charge < -0.3 is 10.3 Å². The summed E-state index contributed by atoms with van der Waals surface area (Å²) in [7, 11) is -3.70. The summed E-state index contributed by atoms with van der Waals surface area (Å²) >= 11 is 0. The Morgan fingerprint density at radius 1 is 1.24 bits per heavy atom. The molecule has 7 nitrogen and oxygen atoms in total. The predicted molar refractivity (Wildman–Crippen MR) is 78.1 cm³/mol. The highest BCUT2D eigenvalue weighted by atomic mass is 32.2. The molecule has 0 aliphatic rings. The molecule has 0 saturated heterocycles. The predicted octanol–water partition coefficient (Wildman–Crippen LogP) is 1.36. The van der Waals surface area contributed by atoms with Gasteiger partial charge in [0.25, 0.3) is 0 Å². The van der Waals surface area contributed by atoms with Crippen molar-refractivity contribution in [3.63, 3.8) is 0 Å². The Balaban J connectivity index is 2.34. The van der Waals surface area contributed by atoms with Crippen molar-refractivity contribution in [1.82, 2.24) is 14.9 Å². The van der Waals surface area contributed by atoms with E-state index in [1.807, 2.05) is 6.92 Å². The summed E-state index contributed by atoms with van der Waals surface area (Å²) < 4.78 is 32.2. The van der Waals surface area contributed by atoms with Crippen molar-refractivity contribution < 1.29 is 12.9 Å². The van der Waals surface area contributed by atoms with Crippen molar-refractivity contribution in [2.45, 2.75) is 39.1 Å². The standard InChI is InChI=1S/C13H18N4O3S/c1-7-5-8(2)13(9(3)12(7)14)21(18,19)15-6-11-16-10(4)20-17-11/h5,15H,6,14H2,1-4H3. The Hall–Kier alpha value is -1.93. The van der Waals surface area contributed by atoms with E-state index in [-0.39, 0.29) is 17.3 Å². The van der Waals surface area contributed by atoms with Crippen molar-refractivity contribution in [2.75, 3.05) is 5.73 Å². The number of nitrogens with two attached hydrogens (primary N) is 1. The molecule has 0 unspecified atom stereocenters. The molecule has 2 rings (SSSR count). The Bertz CT molecular complexity index is 781. The number of aryl methyl sites for hydroxylation is 3. The lowest BCUT2D eigenvalue weighted by molar-refractivity contribution is 0.387. The monoisotopic (exact) mass is 310 g/mol. The van der Waals surface area contributed by atoms with Gasteiger partial charge in [0.2, 0.25) is 15.9 Å². The smallest absolute Gasteiger partial charge is 0.241 e. The van der Waals surface area contributed by atoms with Gasteiger partial charge in [-0.25, -0.2) is 13.1 Å². The molecule has 1 aromatic heterocycles. The van der Waals surface area contributed by atoms with Crippen LogP contribution in [0.4, 0.5) is 5.69 Å². The number of nitrogen functional groups attached to an aromatic ring is 1. The third-order valence-electron chi connectivity index (χ3n) is 3.22. The first-order chi connectivity index (χ1) is 9.72. The Morgan fingerprint density at radius 3 is 2.48 bits per heavy atom. The second-order valence-electron chi connectivity index (χ2n) is 4.93. The fourth-order valence-electron chi connectivity index (χ4n) is 2.24. The molecule has 0 aliphatic heterocycles. The summed E-state index contributed by atoms with van der Waals surface area (Å²) in [6.45, 7) is 6.89. The van der Waals surface area contributed by atoms with Crippen LogP contribution in [0.5, 0.6) is 0 Å². The molecule has 0 bridgehead atoms. The minimum Gasteiger partial charge on any atom is -0.398 e. The molecule has 0 aliphatic carbocycles. The van der Waals surface area contributed by atoms with E-state index in [0.717, 1.165) is 5.56 Å². The van der Waals surface area contributed by atoms with Gasteiger partial charge in [0.05, 0.1) is 11.4 Å².